The van der Waals surface area contributed by atoms with Gasteiger partial charge in [0.15, 0.2) is 0 Å². The minimum absolute atomic E-state index is 0.0936. The van der Waals surface area contributed by atoms with Crippen molar-refractivity contribution < 1.29 is 4.79 Å². The number of aromatic nitrogens is 2. The van der Waals surface area contributed by atoms with Gasteiger partial charge in [0.1, 0.15) is 5.69 Å². The number of nitrogens with one attached hydrogen (secondary N) is 1. The summed E-state index contributed by atoms with van der Waals surface area (Å²) in [5.41, 5.74) is 3.82. The Balaban J connectivity index is 2.02. The fourth-order valence-corrected chi connectivity index (χ4v) is 2.36. The van der Waals surface area contributed by atoms with Crippen LogP contribution in [0.2, 0.25) is 0 Å². The van der Waals surface area contributed by atoms with Crippen LogP contribution >= 0.6 is 15.9 Å². The minimum Gasteiger partial charge on any atom is -0.347 e. The van der Waals surface area contributed by atoms with Gasteiger partial charge in [0.05, 0.1) is 5.69 Å². The first-order chi connectivity index (χ1) is 9.63. The van der Waals surface area contributed by atoms with Crippen LogP contribution in [0.15, 0.2) is 30.3 Å². The van der Waals surface area contributed by atoms with Crippen molar-refractivity contribution in [2.75, 3.05) is 0 Å². The van der Waals surface area contributed by atoms with Crippen molar-refractivity contribution in [2.45, 2.75) is 25.2 Å². The van der Waals surface area contributed by atoms with Gasteiger partial charge in [0, 0.05) is 18.9 Å². The van der Waals surface area contributed by atoms with Gasteiger partial charge in [-0.05, 0) is 23.6 Å². The number of benzene rings is 1. The fraction of sp³-hybridized carbons (Fsp3) is 0.333. The van der Waals surface area contributed by atoms with Crippen LogP contribution in [0.25, 0.3) is 0 Å². The standard InChI is InChI=1S/C15H18BrN3O/c1-3-13-8-14(19(2)18-13)15(20)17-10-12-6-4-5-11(7-12)9-16/h4-8H,3,9-10H2,1-2H3,(H,17,20). The predicted molar refractivity (Wildman–Crippen MR) is 82.8 cm³/mol. The Bertz CT molecular complexity index is 607. The van der Waals surface area contributed by atoms with Crippen molar-refractivity contribution in [3.05, 3.63) is 52.8 Å². The first kappa shape index (κ1) is 14.8. The molecule has 0 spiro atoms. The molecule has 0 saturated carbocycles. The highest BCUT2D eigenvalue weighted by atomic mass is 79.9. The molecule has 0 radical (unpaired) electrons. The average molecular weight is 336 g/mol. The lowest BCUT2D eigenvalue weighted by Gasteiger charge is -2.06. The zero-order chi connectivity index (χ0) is 14.5. The molecule has 1 aromatic carbocycles. The van der Waals surface area contributed by atoms with Gasteiger partial charge in [0.25, 0.3) is 5.91 Å². The van der Waals surface area contributed by atoms with E-state index in [0.29, 0.717) is 12.2 Å². The topological polar surface area (TPSA) is 46.9 Å². The van der Waals surface area contributed by atoms with Gasteiger partial charge in [-0.25, -0.2) is 0 Å². The number of rotatable bonds is 5. The summed E-state index contributed by atoms with van der Waals surface area (Å²) < 4.78 is 1.63. The molecule has 0 aliphatic rings. The number of nitrogens with zero attached hydrogens (tertiary/aromatic N) is 2. The van der Waals surface area contributed by atoms with Gasteiger partial charge >= 0.3 is 0 Å². The Morgan fingerprint density at radius 2 is 2.10 bits per heavy atom. The third-order valence-corrected chi connectivity index (χ3v) is 3.77. The van der Waals surface area contributed by atoms with Crippen molar-refractivity contribution in [1.82, 2.24) is 15.1 Å². The molecule has 0 aliphatic heterocycles. The van der Waals surface area contributed by atoms with Crippen LogP contribution in [0.1, 0.15) is 34.2 Å². The van der Waals surface area contributed by atoms with Gasteiger partial charge in [-0.15, -0.1) is 0 Å². The van der Waals surface area contributed by atoms with Crippen molar-refractivity contribution in [2.24, 2.45) is 7.05 Å². The van der Waals surface area contributed by atoms with Crippen LogP contribution in [0, 0.1) is 0 Å². The average Bonchev–Trinajstić information content (AvgIpc) is 2.86. The number of carbonyl (C=O) groups is 1. The van der Waals surface area contributed by atoms with E-state index in [1.807, 2.05) is 25.1 Å². The Kier molecular flexibility index (Phi) is 4.95. The van der Waals surface area contributed by atoms with Crippen LogP contribution in [0.5, 0.6) is 0 Å². The quantitative estimate of drug-likeness (QED) is 0.854. The maximum absolute atomic E-state index is 12.1. The predicted octanol–water partition coefficient (Wildman–Crippen LogP) is 2.81. The van der Waals surface area contributed by atoms with Crippen molar-refractivity contribution >= 4 is 21.8 Å². The summed E-state index contributed by atoms with van der Waals surface area (Å²) in [5, 5.41) is 8.03. The number of hydrogen-bond acceptors (Lipinski definition) is 2. The summed E-state index contributed by atoms with van der Waals surface area (Å²) in [6.07, 6.45) is 0.828. The summed E-state index contributed by atoms with van der Waals surface area (Å²) in [6, 6.07) is 9.97. The normalized spacial score (nSPS) is 10.6. The number of halogens is 1. The number of amides is 1. The Morgan fingerprint density at radius 3 is 2.75 bits per heavy atom. The molecule has 0 bridgehead atoms. The highest BCUT2D eigenvalue weighted by Crippen LogP contribution is 2.09. The van der Waals surface area contributed by atoms with Gasteiger partial charge in [0.2, 0.25) is 0 Å². The lowest BCUT2D eigenvalue weighted by Crippen LogP contribution is -2.25. The lowest BCUT2D eigenvalue weighted by atomic mass is 10.1. The van der Waals surface area contributed by atoms with Gasteiger partial charge in [-0.2, -0.15) is 5.10 Å². The van der Waals surface area contributed by atoms with Crippen molar-refractivity contribution in [3.8, 4) is 0 Å². The molecular weight excluding hydrogens is 318 g/mol. The van der Waals surface area contributed by atoms with Crippen LogP contribution in [-0.4, -0.2) is 15.7 Å². The van der Waals surface area contributed by atoms with Crippen LogP contribution in [-0.2, 0) is 25.3 Å². The van der Waals surface area contributed by atoms with E-state index in [-0.39, 0.29) is 5.91 Å². The molecule has 106 valence electrons. The first-order valence-corrected chi connectivity index (χ1v) is 7.71. The Morgan fingerprint density at radius 1 is 1.35 bits per heavy atom. The van der Waals surface area contributed by atoms with E-state index in [0.717, 1.165) is 23.0 Å². The van der Waals surface area contributed by atoms with Crippen LogP contribution in [0.3, 0.4) is 0 Å². The molecule has 0 fully saturated rings. The largest absolute Gasteiger partial charge is 0.347 e. The van der Waals surface area contributed by atoms with Gasteiger partial charge < -0.3 is 5.32 Å². The van der Waals surface area contributed by atoms with E-state index in [9.17, 15) is 4.79 Å². The maximum atomic E-state index is 12.1. The summed E-state index contributed by atoms with van der Waals surface area (Å²) in [7, 11) is 1.79. The van der Waals surface area contributed by atoms with Crippen LogP contribution in [0.4, 0.5) is 0 Å². The first-order valence-electron chi connectivity index (χ1n) is 6.59. The number of carbonyl (C=O) groups excluding carboxylic acids is 1. The summed E-state index contributed by atoms with van der Waals surface area (Å²) in [5.74, 6) is -0.0936. The minimum atomic E-state index is -0.0936. The van der Waals surface area contributed by atoms with Crippen molar-refractivity contribution in [1.29, 1.82) is 0 Å². The SMILES string of the molecule is CCc1cc(C(=O)NCc2cccc(CBr)c2)n(C)n1. The van der Waals surface area contributed by atoms with Crippen LogP contribution < -0.4 is 5.32 Å². The second-order valence-electron chi connectivity index (χ2n) is 4.63. The fourth-order valence-electron chi connectivity index (χ4n) is 2.01. The zero-order valence-corrected chi connectivity index (χ0v) is 13.3. The van der Waals surface area contributed by atoms with Crippen molar-refractivity contribution in [3.63, 3.8) is 0 Å². The monoisotopic (exact) mass is 335 g/mol. The number of alkyl halides is 1. The highest BCUT2D eigenvalue weighted by Gasteiger charge is 2.12. The Labute approximate surface area is 127 Å². The molecule has 0 aliphatic carbocycles. The molecular formula is C15H18BrN3O. The molecule has 4 nitrogen and oxygen atoms in total. The molecule has 1 N–H and O–H groups in total. The van der Waals surface area contributed by atoms with E-state index in [1.165, 1.54) is 5.56 Å². The smallest absolute Gasteiger partial charge is 0.269 e. The maximum Gasteiger partial charge on any atom is 0.269 e. The van der Waals surface area contributed by atoms with E-state index in [4.69, 9.17) is 0 Å². The van der Waals surface area contributed by atoms with E-state index < -0.39 is 0 Å². The molecule has 0 saturated heterocycles. The Hall–Kier alpha value is -1.62. The third kappa shape index (κ3) is 3.48. The summed E-state index contributed by atoms with van der Waals surface area (Å²) in [4.78, 5) is 12.1. The second-order valence-corrected chi connectivity index (χ2v) is 5.20. The third-order valence-electron chi connectivity index (χ3n) is 3.12. The van der Waals surface area contributed by atoms with E-state index in [2.05, 4.69) is 38.5 Å². The molecule has 0 unspecified atom stereocenters. The highest BCUT2D eigenvalue weighted by molar-refractivity contribution is 9.08. The molecule has 2 aromatic rings. The lowest BCUT2D eigenvalue weighted by molar-refractivity contribution is 0.0941. The molecule has 5 heteroatoms. The summed E-state index contributed by atoms with van der Waals surface area (Å²) >= 11 is 3.43. The summed E-state index contributed by atoms with van der Waals surface area (Å²) in [6.45, 7) is 2.54. The molecule has 1 amide bonds. The number of hydrogen-bond donors (Lipinski definition) is 1. The van der Waals surface area contributed by atoms with Gasteiger partial charge in [-0.3, -0.25) is 9.48 Å². The molecule has 0 atom stereocenters. The van der Waals surface area contributed by atoms with E-state index >= 15 is 0 Å². The second kappa shape index (κ2) is 6.70. The molecule has 2 rings (SSSR count). The van der Waals surface area contributed by atoms with Gasteiger partial charge in [-0.1, -0.05) is 47.1 Å². The zero-order valence-electron chi connectivity index (χ0n) is 11.7. The number of aryl methyl sites for hydroxylation is 2. The molecule has 20 heavy (non-hydrogen) atoms. The molecule has 1 aromatic heterocycles. The van der Waals surface area contributed by atoms with E-state index in [1.54, 1.807) is 11.7 Å². The molecule has 1 heterocycles.